The molecule has 0 radical (unpaired) electrons. The quantitative estimate of drug-likeness (QED) is 0.942. The summed E-state index contributed by atoms with van der Waals surface area (Å²) in [7, 11) is -3.68. The predicted molar refractivity (Wildman–Crippen MR) is 86.2 cm³/mol. The van der Waals surface area contributed by atoms with E-state index >= 15 is 0 Å². The number of benzene rings is 1. The molecule has 2 unspecified atom stereocenters. The average molecular weight is 316 g/mol. The molecule has 1 heterocycles. The van der Waals surface area contributed by atoms with Gasteiger partial charge in [-0.2, -0.15) is 0 Å². The zero-order chi connectivity index (χ0) is 15.9. The van der Waals surface area contributed by atoms with Gasteiger partial charge in [-0.15, -0.1) is 0 Å². The molecule has 1 aliphatic rings. The van der Waals surface area contributed by atoms with Crippen molar-refractivity contribution < 1.29 is 8.42 Å². The van der Waals surface area contributed by atoms with Crippen molar-refractivity contribution in [3.63, 3.8) is 0 Å². The number of hydrogen-bond donors (Lipinski definition) is 1. The maximum Gasteiger partial charge on any atom is 0.238 e. The van der Waals surface area contributed by atoms with Crippen LogP contribution in [0, 0.1) is 0 Å². The lowest BCUT2D eigenvalue weighted by molar-refractivity contribution is 0.596. The molecule has 116 valence electrons. The van der Waals surface area contributed by atoms with Crippen LogP contribution in [0.2, 0.25) is 0 Å². The first kappa shape index (κ1) is 15.2. The number of sulfonamides is 1. The van der Waals surface area contributed by atoms with Crippen LogP contribution < -0.4 is 5.14 Å². The van der Waals surface area contributed by atoms with E-state index in [1.54, 1.807) is 12.1 Å². The zero-order valence-corrected chi connectivity index (χ0v) is 13.5. The van der Waals surface area contributed by atoms with Crippen molar-refractivity contribution in [2.45, 2.75) is 42.9 Å². The molecule has 0 amide bonds. The predicted octanol–water partition coefficient (Wildman–Crippen LogP) is 3.12. The van der Waals surface area contributed by atoms with Gasteiger partial charge in [0, 0.05) is 11.9 Å². The van der Waals surface area contributed by atoms with E-state index < -0.39 is 10.0 Å². The van der Waals surface area contributed by atoms with E-state index in [1.807, 2.05) is 18.3 Å². The van der Waals surface area contributed by atoms with E-state index in [2.05, 4.69) is 31.0 Å². The van der Waals surface area contributed by atoms with Gasteiger partial charge in [-0.05, 0) is 47.4 Å². The molecule has 0 aliphatic heterocycles. The minimum atomic E-state index is -3.68. The van der Waals surface area contributed by atoms with Crippen molar-refractivity contribution in [1.29, 1.82) is 0 Å². The number of pyridine rings is 1. The molecule has 0 saturated heterocycles. The van der Waals surface area contributed by atoms with Crippen molar-refractivity contribution >= 4 is 10.0 Å². The fourth-order valence-electron chi connectivity index (χ4n) is 2.93. The third kappa shape index (κ3) is 2.91. The molecule has 22 heavy (non-hydrogen) atoms. The SMILES string of the molecule is CC(C)c1ccc(C2CC2c2ccccc2S(N)(=O)=O)cn1. The summed E-state index contributed by atoms with van der Waals surface area (Å²) in [6.07, 6.45) is 2.86. The molecule has 2 N–H and O–H groups in total. The van der Waals surface area contributed by atoms with Gasteiger partial charge in [0.1, 0.15) is 0 Å². The standard InChI is InChI=1S/C17H20N2O2S/c1-11(2)16-8-7-12(10-19-16)14-9-15(14)13-5-3-4-6-17(13)22(18,20)21/h3-8,10-11,14-15H,9H2,1-2H3,(H2,18,20,21). The van der Waals surface area contributed by atoms with Crippen molar-refractivity contribution in [1.82, 2.24) is 4.98 Å². The fraction of sp³-hybridized carbons (Fsp3) is 0.353. The van der Waals surface area contributed by atoms with Gasteiger partial charge in [-0.1, -0.05) is 38.1 Å². The summed E-state index contributed by atoms with van der Waals surface area (Å²) >= 11 is 0. The second kappa shape index (κ2) is 5.48. The highest BCUT2D eigenvalue weighted by molar-refractivity contribution is 7.89. The van der Waals surface area contributed by atoms with Gasteiger partial charge in [0.2, 0.25) is 10.0 Å². The molecule has 0 spiro atoms. The zero-order valence-electron chi connectivity index (χ0n) is 12.7. The third-order valence-corrected chi connectivity index (χ3v) is 5.23. The Balaban J connectivity index is 1.86. The van der Waals surface area contributed by atoms with Crippen LogP contribution in [-0.4, -0.2) is 13.4 Å². The van der Waals surface area contributed by atoms with Crippen LogP contribution in [0.4, 0.5) is 0 Å². The maximum atomic E-state index is 11.7. The molecule has 3 rings (SSSR count). The molecular weight excluding hydrogens is 296 g/mol. The highest BCUT2D eigenvalue weighted by Gasteiger charge is 2.41. The summed E-state index contributed by atoms with van der Waals surface area (Å²) in [6, 6.07) is 11.2. The largest absolute Gasteiger partial charge is 0.261 e. The van der Waals surface area contributed by atoms with E-state index in [9.17, 15) is 8.42 Å². The summed E-state index contributed by atoms with van der Waals surface area (Å²) in [5, 5.41) is 5.32. The van der Waals surface area contributed by atoms with Crippen LogP contribution in [0.15, 0.2) is 47.5 Å². The highest BCUT2D eigenvalue weighted by atomic mass is 32.2. The number of aromatic nitrogens is 1. The Bertz CT molecular complexity index is 783. The maximum absolute atomic E-state index is 11.7. The van der Waals surface area contributed by atoms with Crippen molar-refractivity contribution in [2.24, 2.45) is 5.14 Å². The highest BCUT2D eigenvalue weighted by Crippen LogP contribution is 2.55. The van der Waals surface area contributed by atoms with Crippen LogP contribution >= 0.6 is 0 Å². The number of nitrogens with zero attached hydrogens (tertiary/aromatic N) is 1. The first-order valence-electron chi connectivity index (χ1n) is 7.45. The van der Waals surface area contributed by atoms with Crippen molar-refractivity contribution in [2.75, 3.05) is 0 Å². The molecule has 4 nitrogen and oxygen atoms in total. The van der Waals surface area contributed by atoms with Crippen LogP contribution in [0.5, 0.6) is 0 Å². The Morgan fingerprint density at radius 1 is 1.14 bits per heavy atom. The fourth-order valence-corrected chi connectivity index (χ4v) is 3.75. The summed E-state index contributed by atoms with van der Waals surface area (Å²) in [5.41, 5.74) is 3.06. The Kier molecular flexibility index (Phi) is 3.78. The van der Waals surface area contributed by atoms with E-state index in [4.69, 9.17) is 5.14 Å². The van der Waals surface area contributed by atoms with Crippen LogP contribution in [0.3, 0.4) is 0 Å². The second-order valence-electron chi connectivity index (χ2n) is 6.20. The molecule has 2 atom stereocenters. The minimum Gasteiger partial charge on any atom is -0.261 e. The molecular formula is C17H20N2O2S. The first-order chi connectivity index (χ1) is 10.4. The first-order valence-corrected chi connectivity index (χ1v) is 9.00. The lowest BCUT2D eigenvalue weighted by Crippen LogP contribution is -2.14. The molecule has 1 aromatic heterocycles. The number of rotatable bonds is 4. The van der Waals surface area contributed by atoms with Gasteiger partial charge < -0.3 is 0 Å². The van der Waals surface area contributed by atoms with Gasteiger partial charge in [0.25, 0.3) is 0 Å². The Hall–Kier alpha value is -1.72. The molecule has 0 bridgehead atoms. The average Bonchev–Trinajstić information content (AvgIpc) is 3.27. The van der Waals surface area contributed by atoms with Crippen molar-refractivity contribution in [3.05, 3.63) is 59.4 Å². The lowest BCUT2D eigenvalue weighted by atomic mass is 10.0. The summed E-state index contributed by atoms with van der Waals surface area (Å²) in [6.45, 7) is 4.23. The molecule has 1 fully saturated rings. The topological polar surface area (TPSA) is 73.1 Å². The minimum absolute atomic E-state index is 0.209. The van der Waals surface area contributed by atoms with E-state index in [-0.39, 0.29) is 10.8 Å². The molecule has 1 saturated carbocycles. The van der Waals surface area contributed by atoms with E-state index in [0.717, 1.165) is 17.7 Å². The smallest absolute Gasteiger partial charge is 0.238 e. The summed E-state index contributed by atoms with van der Waals surface area (Å²) < 4.78 is 23.4. The van der Waals surface area contributed by atoms with Gasteiger partial charge in [-0.3, -0.25) is 4.98 Å². The Morgan fingerprint density at radius 2 is 1.86 bits per heavy atom. The Labute approximate surface area is 131 Å². The van der Waals surface area contributed by atoms with Crippen LogP contribution in [-0.2, 0) is 10.0 Å². The normalized spacial score (nSPS) is 21.1. The van der Waals surface area contributed by atoms with E-state index in [0.29, 0.717) is 11.8 Å². The molecule has 1 aliphatic carbocycles. The van der Waals surface area contributed by atoms with Gasteiger partial charge in [0.15, 0.2) is 0 Å². The lowest BCUT2D eigenvalue weighted by Gasteiger charge is -2.08. The number of nitrogens with two attached hydrogens (primary N) is 1. The number of primary sulfonamides is 1. The van der Waals surface area contributed by atoms with Gasteiger partial charge in [0.05, 0.1) is 4.90 Å². The summed E-state index contributed by atoms with van der Waals surface area (Å²) in [4.78, 5) is 4.74. The molecule has 2 aromatic rings. The van der Waals surface area contributed by atoms with Crippen LogP contribution in [0.25, 0.3) is 0 Å². The second-order valence-corrected chi connectivity index (χ2v) is 7.73. The molecule has 1 aromatic carbocycles. The molecule has 5 heteroatoms. The summed E-state index contributed by atoms with van der Waals surface area (Å²) in [5.74, 6) is 0.949. The third-order valence-electron chi connectivity index (χ3n) is 4.24. The number of hydrogen-bond acceptors (Lipinski definition) is 3. The Morgan fingerprint density at radius 3 is 2.45 bits per heavy atom. The van der Waals surface area contributed by atoms with Crippen molar-refractivity contribution in [3.8, 4) is 0 Å². The van der Waals surface area contributed by atoms with Gasteiger partial charge in [-0.25, -0.2) is 13.6 Å². The van der Waals surface area contributed by atoms with E-state index in [1.165, 1.54) is 5.56 Å². The van der Waals surface area contributed by atoms with Crippen LogP contribution in [0.1, 0.15) is 54.8 Å². The van der Waals surface area contributed by atoms with Gasteiger partial charge >= 0.3 is 0 Å². The monoisotopic (exact) mass is 316 g/mol.